The first-order chi connectivity index (χ1) is 9.29. The molecular weight excluding hydrogens is 234 g/mol. The van der Waals surface area contributed by atoms with Crippen molar-refractivity contribution in [1.82, 2.24) is 15.1 Å². The molecule has 1 N–H and O–H groups in total. The monoisotopic (exact) mass is 263 g/mol. The van der Waals surface area contributed by atoms with E-state index < -0.39 is 0 Å². The molecule has 1 fully saturated rings. The first-order valence-electron chi connectivity index (χ1n) is 8.01. The Bertz CT molecular complexity index is 353. The highest BCUT2D eigenvalue weighted by Crippen LogP contribution is 2.30. The molecule has 0 amide bonds. The SMILES string of the molecule is CCCNC(CCC1CCCCC1)c1cnn(C)c1. The molecule has 1 unspecified atom stereocenters. The molecule has 1 atom stereocenters. The molecule has 3 heteroatoms. The van der Waals surface area contributed by atoms with Crippen LogP contribution in [0.5, 0.6) is 0 Å². The molecule has 19 heavy (non-hydrogen) atoms. The van der Waals surface area contributed by atoms with Gasteiger partial charge in [-0.25, -0.2) is 0 Å². The van der Waals surface area contributed by atoms with E-state index in [2.05, 4.69) is 23.5 Å². The van der Waals surface area contributed by atoms with Crippen LogP contribution >= 0.6 is 0 Å². The van der Waals surface area contributed by atoms with Gasteiger partial charge in [-0.1, -0.05) is 39.0 Å². The fraction of sp³-hybridized carbons (Fsp3) is 0.812. The summed E-state index contributed by atoms with van der Waals surface area (Å²) in [6, 6.07) is 0.496. The second kappa shape index (κ2) is 7.68. The van der Waals surface area contributed by atoms with Gasteiger partial charge in [0.15, 0.2) is 0 Å². The Hall–Kier alpha value is -0.830. The highest BCUT2D eigenvalue weighted by atomic mass is 15.2. The van der Waals surface area contributed by atoms with Gasteiger partial charge in [0.2, 0.25) is 0 Å². The Morgan fingerprint density at radius 1 is 1.37 bits per heavy atom. The smallest absolute Gasteiger partial charge is 0.0537 e. The maximum absolute atomic E-state index is 4.32. The van der Waals surface area contributed by atoms with Gasteiger partial charge in [-0.3, -0.25) is 4.68 Å². The Balaban J connectivity index is 1.86. The van der Waals surface area contributed by atoms with Crippen LogP contribution in [0.4, 0.5) is 0 Å². The van der Waals surface area contributed by atoms with Crippen LogP contribution in [0, 0.1) is 5.92 Å². The Morgan fingerprint density at radius 3 is 2.79 bits per heavy atom. The number of hydrogen-bond donors (Lipinski definition) is 1. The first kappa shape index (κ1) is 14.6. The highest BCUT2D eigenvalue weighted by Gasteiger charge is 2.17. The van der Waals surface area contributed by atoms with E-state index in [1.807, 2.05) is 17.9 Å². The van der Waals surface area contributed by atoms with Crippen LogP contribution < -0.4 is 5.32 Å². The molecule has 1 aromatic rings. The largest absolute Gasteiger partial charge is 0.310 e. The third-order valence-electron chi connectivity index (χ3n) is 4.36. The van der Waals surface area contributed by atoms with Gasteiger partial charge < -0.3 is 5.32 Å². The molecule has 0 saturated heterocycles. The van der Waals surface area contributed by atoms with Crippen molar-refractivity contribution in [1.29, 1.82) is 0 Å². The van der Waals surface area contributed by atoms with E-state index in [4.69, 9.17) is 0 Å². The zero-order valence-corrected chi connectivity index (χ0v) is 12.6. The summed E-state index contributed by atoms with van der Waals surface area (Å²) in [6.07, 6.45) is 15.3. The van der Waals surface area contributed by atoms with Crippen molar-refractivity contribution >= 4 is 0 Å². The van der Waals surface area contributed by atoms with E-state index >= 15 is 0 Å². The van der Waals surface area contributed by atoms with Crippen LogP contribution in [0.2, 0.25) is 0 Å². The average molecular weight is 263 g/mol. The van der Waals surface area contributed by atoms with Crippen molar-refractivity contribution in [3.05, 3.63) is 18.0 Å². The molecule has 0 bridgehead atoms. The normalized spacial score (nSPS) is 18.6. The molecule has 1 heterocycles. The summed E-state index contributed by atoms with van der Waals surface area (Å²) in [4.78, 5) is 0. The fourth-order valence-electron chi connectivity index (χ4n) is 3.20. The van der Waals surface area contributed by atoms with Crippen molar-refractivity contribution < 1.29 is 0 Å². The Labute approximate surface area is 117 Å². The third kappa shape index (κ3) is 4.64. The molecule has 2 rings (SSSR count). The van der Waals surface area contributed by atoms with Crippen molar-refractivity contribution in [2.45, 2.75) is 64.3 Å². The van der Waals surface area contributed by atoms with Gasteiger partial charge in [0, 0.05) is 24.8 Å². The number of nitrogens with zero attached hydrogens (tertiary/aromatic N) is 2. The van der Waals surface area contributed by atoms with Gasteiger partial charge in [0.05, 0.1) is 6.20 Å². The summed E-state index contributed by atoms with van der Waals surface area (Å²) < 4.78 is 1.91. The van der Waals surface area contributed by atoms with Crippen LogP contribution in [0.1, 0.15) is 69.9 Å². The van der Waals surface area contributed by atoms with Crippen LogP contribution in [0.15, 0.2) is 12.4 Å². The lowest BCUT2D eigenvalue weighted by Crippen LogP contribution is -2.23. The number of aryl methyl sites for hydroxylation is 1. The molecule has 3 nitrogen and oxygen atoms in total. The van der Waals surface area contributed by atoms with Crippen LogP contribution in [0.25, 0.3) is 0 Å². The molecule has 0 aromatic carbocycles. The molecule has 1 saturated carbocycles. The number of nitrogens with one attached hydrogen (secondary N) is 1. The molecule has 1 aliphatic rings. The lowest BCUT2D eigenvalue weighted by Gasteiger charge is -2.24. The van der Waals surface area contributed by atoms with Crippen molar-refractivity contribution in [2.75, 3.05) is 6.54 Å². The van der Waals surface area contributed by atoms with Gasteiger partial charge >= 0.3 is 0 Å². The van der Waals surface area contributed by atoms with Gasteiger partial charge in [-0.2, -0.15) is 5.10 Å². The summed E-state index contributed by atoms with van der Waals surface area (Å²) in [5.74, 6) is 0.969. The maximum atomic E-state index is 4.32. The maximum Gasteiger partial charge on any atom is 0.0537 e. The summed E-state index contributed by atoms with van der Waals surface area (Å²) in [5, 5.41) is 8.00. The molecule has 0 spiro atoms. The third-order valence-corrected chi connectivity index (χ3v) is 4.36. The van der Waals surface area contributed by atoms with Crippen LogP contribution in [0.3, 0.4) is 0 Å². The molecule has 1 aliphatic carbocycles. The molecule has 0 aliphatic heterocycles. The predicted molar refractivity (Wildman–Crippen MR) is 80.1 cm³/mol. The zero-order chi connectivity index (χ0) is 13.5. The van der Waals surface area contributed by atoms with Crippen molar-refractivity contribution in [2.24, 2.45) is 13.0 Å². The first-order valence-corrected chi connectivity index (χ1v) is 8.01. The minimum atomic E-state index is 0.496. The minimum absolute atomic E-state index is 0.496. The summed E-state index contributed by atoms with van der Waals surface area (Å²) >= 11 is 0. The lowest BCUT2D eigenvalue weighted by atomic mass is 9.84. The van der Waals surface area contributed by atoms with Crippen molar-refractivity contribution in [3.63, 3.8) is 0 Å². The lowest BCUT2D eigenvalue weighted by molar-refractivity contribution is 0.314. The van der Waals surface area contributed by atoms with E-state index in [1.165, 1.54) is 56.9 Å². The minimum Gasteiger partial charge on any atom is -0.310 e. The number of aromatic nitrogens is 2. The van der Waals surface area contributed by atoms with E-state index in [0.717, 1.165) is 12.5 Å². The fourth-order valence-corrected chi connectivity index (χ4v) is 3.20. The van der Waals surface area contributed by atoms with E-state index in [-0.39, 0.29) is 0 Å². The summed E-state index contributed by atoms with van der Waals surface area (Å²) in [5.41, 5.74) is 1.35. The van der Waals surface area contributed by atoms with Gasteiger partial charge in [0.25, 0.3) is 0 Å². The number of rotatable bonds is 7. The van der Waals surface area contributed by atoms with Crippen LogP contribution in [-0.4, -0.2) is 16.3 Å². The Kier molecular flexibility index (Phi) is 5.90. The van der Waals surface area contributed by atoms with E-state index in [0.29, 0.717) is 6.04 Å². The zero-order valence-electron chi connectivity index (χ0n) is 12.6. The van der Waals surface area contributed by atoms with Gasteiger partial charge in [-0.15, -0.1) is 0 Å². The molecule has 108 valence electrons. The number of hydrogen-bond acceptors (Lipinski definition) is 2. The highest BCUT2D eigenvalue weighted by molar-refractivity contribution is 5.10. The molecular formula is C16H29N3. The molecule has 1 aromatic heterocycles. The molecule has 0 radical (unpaired) electrons. The predicted octanol–water partition coefficient (Wildman–Crippen LogP) is 3.82. The average Bonchev–Trinajstić information content (AvgIpc) is 2.86. The topological polar surface area (TPSA) is 29.9 Å². The van der Waals surface area contributed by atoms with Crippen molar-refractivity contribution in [3.8, 4) is 0 Å². The second-order valence-electron chi connectivity index (χ2n) is 6.04. The van der Waals surface area contributed by atoms with E-state index in [9.17, 15) is 0 Å². The quantitative estimate of drug-likeness (QED) is 0.810. The van der Waals surface area contributed by atoms with Gasteiger partial charge in [0.1, 0.15) is 0 Å². The van der Waals surface area contributed by atoms with Crippen LogP contribution in [-0.2, 0) is 7.05 Å². The Morgan fingerprint density at radius 2 is 2.16 bits per heavy atom. The second-order valence-corrected chi connectivity index (χ2v) is 6.04. The summed E-state index contributed by atoms with van der Waals surface area (Å²) in [6.45, 7) is 3.33. The standard InChI is InChI=1S/C16H29N3/c1-3-11-17-16(15-12-18-19(2)13-15)10-9-14-7-5-4-6-8-14/h12-14,16-17H,3-11H2,1-2H3. The van der Waals surface area contributed by atoms with E-state index in [1.54, 1.807) is 0 Å². The summed E-state index contributed by atoms with van der Waals surface area (Å²) in [7, 11) is 2.00. The van der Waals surface area contributed by atoms with Gasteiger partial charge in [-0.05, 0) is 31.7 Å².